The van der Waals surface area contributed by atoms with Gasteiger partial charge in [-0.2, -0.15) is 0 Å². The maximum atomic E-state index is 11.8. The summed E-state index contributed by atoms with van der Waals surface area (Å²) in [7, 11) is 0. The topological polar surface area (TPSA) is 66.5 Å². The van der Waals surface area contributed by atoms with Crippen LogP contribution in [0.3, 0.4) is 0 Å². The van der Waals surface area contributed by atoms with Crippen LogP contribution in [0.25, 0.3) is 0 Å². The van der Waals surface area contributed by atoms with Gasteiger partial charge in [-0.3, -0.25) is 14.9 Å². The van der Waals surface area contributed by atoms with Crippen LogP contribution in [0.1, 0.15) is 31.7 Å². The fourth-order valence-electron chi connectivity index (χ4n) is 1.97. The zero-order valence-electron chi connectivity index (χ0n) is 10.3. The standard InChI is InChI=1S/C13H14N2O3/c1-8(2)9-5-3-4-6-10(9)15-12(17)7-11(16)14-13(15)18/h3-6,8H,7H2,1-2H3,(H,14,16,18). The first-order valence-corrected chi connectivity index (χ1v) is 5.76. The van der Waals surface area contributed by atoms with E-state index >= 15 is 0 Å². The number of anilines is 1. The first kappa shape index (κ1) is 12.3. The Morgan fingerprint density at radius 2 is 1.83 bits per heavy atom. The van der Waals surface area contributed by atoms with E-state index in [0.717, 1.165) is 10.5 Å². The van der Waals surface area contributed by atoms with Gasteiger partial charge in [-0.1, -0.05) is 32.0 Å². The molecule has 1 aliphatic rings. The van der Waals surface area contributed by atoms with Crippen molar-refractivity contribution in [2.24, 2.45) is 0 Å². The molecule has 94 valence electrons. The lowest BCUT2D eigenvalue weighted by atomic mass is 10.00. The number of para-hydroxylation sites is 1. The molecule has 0 radical (unpaired) electrons. The van der Waals surface area contributed by atoms with Crippen molar-refractivity contribution >= 4 is 23.5 Å². The summed E-state index contributed by atoms with van der Waals surface area (Å²) in [6.07, 6.45) is -0.293. The Hall–Kier alpha value is -2.17. The molecule has 1 saturated heterocycles. The molecule has 4 amide bonds. The maximum absolute atomic E-state index is 11.8. The fourth-order valence-corrected chi connectivity index (χ4v) is 1.97. The molecule has 5 heteroatoms. The van der Waals surface area contributed by atoms with Gasteiger partial charge in [0, 0.05) is 0 Å². The molecule has 0 aliphatic carbocycles. The Balaban J connectivity index is 2.45. The predicted molar refractivity (Wildman–Crippen MR) is 66.2 cm³/mol. The molecule has 18 heavy (non-hydrogen) atoms. The average Bonchev–Trinajstić information content (AvgIpc) is 2.28. The van der Waals surface area contributed by atoms with Gasteiger partial charge in [0.2, 0.25) is 11.8 Å². The van der Waals surface area contributed by atoms with E-state index < -0.39 is 17.8 Å². The van der Waals surface area contributed by atoms with Gasteiger partial charge in [-0.25, -0.2) is 9.69 Å². The van der Waals surface area contributed by atoms with Crippen molar-refractivity contribution < 1.29 is 14.4 Å². The minimum atomic E-state index is -0.677. The number of hydrogen-bond donors (Lipinski definition) is 1. The number of rotatable bonds is 2. The molecule has 0 unspecified atom stereocenters. The molecular formula is C13H14N2O3. The highest BCUT2D eigenvalue weighted by atomic mass is 16.2. The molecule has 2 rings (SSSR count). The van der Waals surface area contributed by atoms with E-state index in [1.807, 2.05) is 26.0 Å². The van der Waals surface area contributed by atoms with E-state index in [9.17, 15) is 14.4 Å². The summed E-state index contributed by atoms with van der Waals surface area (Å²) in [5, 5.41) is 2.15. The van der Waals surface area contributed by atoms with Crippen LogP contribution in [0.4, 0.5) is 10.5 Å². The summed E-state index contributed by atoms with van der Waals surface area (Å²) < 4.78 is 0. The number of barbiturate groups is 1. The second-order valence-corrected chi connectivity index (χ2v) is 4.47. The molecule has 1 aromatic carbocycles. The third-order valence-electron chi connectivity index (χ3n) is 2.81. The van der Waals surface area contributed by atoms with E-state index in [1.165, 1.54) is 0 Å². The number of amides is 4. The largest absolute Gasteiger partial charge is 0.335 e. The number of carbonyl (C=O) groups excluding carboxylic acids is 3. The van der Waals surface area contributed by atoms with E-state index in [0.29, 0.717) is 5.69 Å². The summed E-state index contributed by atoms with van der Waals surface area (Å²) in [6.45, 7) is 3.96. The van der Waals surface area contributed by atoms with Crippen LogP contribution in [0.5, 0.6) is 0 Å². The minimum Gasteiger partial charge on any atom is -0.277 e. The number of nitrogens with one attached hydrogen (secondary N) is 1. The molecule has 1 fully saturated rings. The smallest absolute Gasteiger partial charge is 0.277 e. The highest BCUT2D eigenvalue weighted by Crippen LogP contribution is 2.28. The second kappa shape index (κ2) is 4.60. The number of benzene rings is 1. The van der Waals surface area contributed by atoms with Crippen molar-refractivity contribution in [3.63, 3.8) is 0 Å². The Morgan fingerprint density at radius 1 is 1.17 bits per heavy atom. The number of hydrogen-bond acceptors (Lipinski definition) is 3. The maximum Gasteiger partial charge on any atom is 0.335 e. The van der Waals surface area contributed by atoms with E-state index in [1.54, 1.807) is 12.1 Å². The Bertz CT molecular complexity index is 503. The Labute approximate surface area is 105 Å². The SMILES string of the molecule is CC(C)c1ccccc1N1C(=O)CC(=O)NC1=O. The van der Waals surface area contributed by atoms with Gasteiger partial charge in [0.25, 0.3) is 0 Å². The van der Waals surface area contributed by atoms with Crippen molar-refractivity contribution in [1.29, 1.82) is 0 Å². The van der Waals surface area contributed by atoms with Gasteiger partial charge in [0.1, 0.15) is 6.42 Å². The van der Waals surface area contributed by atoms with Crippen molar-refractivity contribution in [1.82, 2.24) is 5.32 Å². The summed E-state index contributed by atoms with van der Waals surface area (Å²) in [4.78, 5) is 35.7. The molecule has 0 saturated carbocycles. The third kappa shape index (κ3) is 2.11. The van der Waals surface area contributed by atoms with Gasteiger partial charge in [0.05, 0.1) is 5.69 Å². The summed E-state index contributed by atoms with van der Waals surface area (Å²) in [5.41, 5.74) is 1.44. The third-order valence-corrected chi connectivity index (χ3v) is 2.81. The van der Waals surface area contributed by atoms with Crippen molar-refractivity contribution in [3.8, 4) is 0 Å². The van der Waals surface area contributed by atoms with Crippen LogP contribution in [0.2, 0.25) is 0 Å². The quantitative estimate of drug-likeness (QED) is 0.809. The zero-order valence-corrected chi connectivity index (χ0v) is 10.3. The second-order valence-electron chi connectivity index (χ2n) is 4.47. The van der Waals surface area contributed by atoms with E-state index in [4.69, 9.17) is 0 Å². The molecule has 0 atom stereocenters. The zero-order chi connectivity index (χ0) is 13.3. The molecular weight excluding hydrogens is 232 g/mol. The predicted octanol–water partition coefficient (Wildman–Crippen LogP) is 1.78. The lowest BCUT2D eigenvalue weighted by Gasteiger charge is -2.27. The monoisotopic (exact) mass is 246 g/mol. The van der Waals surface area contributed by atoms with Gasteiger partial charge in [-0.05, 0) is 17.5 Å². The number of imide groups is 2. The average molecular weight is 246 g/mol. The molecule has 0 spiro atoms. The van der Waals surface area contributed by atoms with Crippen LogP contribution >= 0.6 is 0 Å². The molecule has 1 heterocycles. The summed E-state index contributed by atoms with van der Waals surface area (Å²) >= 11 is 0. The Morgan fingerprint density at radius 3 is 2.44 bits per heavy atom. The van der Waals surface area contributed by atoms with Crippen LogP contribution in [0.15, 0.2) is 24.3 Å². The first-order chi connectivity index (χ1) is 8.50. The van der Waals surface area contributed by atoms with Crippen LogP contribution in [0, 0.1) is 0 Å². The minimum absolute atomic E-state index is 0.180. The van der Waals surface area contributed by atoms with Crippen LogP contribution < -0.4 is 10.2 Å². The van der Waals surface area contributed by atoms with Gasteiger partial charge in [-0.15, -0.1) is 0 Å². The summed E-state index contributed by atoms with van der Waals surface area (Å²) in [6, 6.07) is 6.53. The molecule has 0 bridgehead atoms. The number of urea groups is 1. The van der Waals surface area contributed by atoms with Crippen molar-refractivity contribution in [2.75, 3.05) is 4.90 Å². The van der Waals surface area contributed by atoms with Gasteiger partial charge < -0.3 is 0 Å². The first-order valence-electron chi connectivity index (χ1n) is 5.76. The van der Waals surface area contributed by atoms with Crippen molar-refractivity contribution in [2.45, 2.75) is 26.2 Å². The molecule has 1 aromatic rings. The van der Waals surface area contributed by atoms with E-state index in [2.05, 4.69) is 5.32 Å². The fraction of sp³-hybridized carbons (Fsp3) is 0.308. The number of carbonyl (C=O) groups is 3. The highest BCUT2D eigenvalue weighted by molar-refractivity contribution is 6.26. The van der Waals surface area contributed by atoms with Gasteiger partial charge >= 0.3 is 6.03 Å². The van der Waals surface area contributed by atoms with E-state index in [-0.39, 0.29) is 12.3 Å². The molecule has 0 aromatic heterocycles. The summed E-state index contributed by atoms with van der Waals surface area (Å²) in [5.74, 6) is -0.862. The van der Waals surface area contributed by atoms with Gasteiger partial charge in [0.15, 0.2) is 0 Å². The van der Waals surface area contributed by atoms with Crippen molar-refractivity contribution in [3.05, 3.63) is 29.8 Å². The van der Waals surface area contributed by atoms with Crippen LogP contribution in [-0.4, -0.2) is 17.8 Å². The normalized spacial score (nSPS) is 16.2. The lowest BCUT2D eigenvalue weighted by Crippen LogP contribution is -2.53. The molecule has 1 N–H and O–H groups in total. The van der Waals surface area contributed by atoms with Crippen LogP contribution in [-0.2, 0) is 9.59 Å². The highest BCUT2D eigenvalue weighted by Gasteiger charge is 2.33. The molecule has 5 nitrogen and oxygen atoms in total. The number of nitrogens with zero attached hydrogens (tertiary/aromatic N) is 1. The molecule has 1 aliphatic heterocycles. The Kier molecular flexibility index (Phi) is 3.14. The lowest BCUT2D eigenvalue weighted by molar-refractivity contribution is -0.128.